The molecule has 4 nitrogen and oxygen atoms in total. The lowest BCUT2D eigenvalue weighted by Crippen LogP contribution is -2.38. The molecule has 0 spiro atoms. The maximum Gasteiger partial charge on any atom is 0.129 e. The van der Waals surface area contributed by atoms with Crippen LogP contribution in [-0.4, -0.2) is 40.5 Å². The molecule has 4 heteroatoms. The fourth-order valence-electron chi connectivity index (χ4n) is 4.44. The zero-order valence-electron chi connectivity index (χ0n) is 14.7. The van der Waals surface area contributed by atoms with Crippen LogP contribution in [0.2, 0.25) is 0 Å². The molecular formula is C20H26N2O2. The Morgan fingerprint density at radius 2 is 1.58 bits per heavy atom. The van der Waals surface area contributed by atoms with Gasteiger partial charge in [-0.15, -0.1) is 0 Å². The van der Waals surface area contributed by atoms with E-state index in [1.165, 1.54) is 22.1 Å². The van der Waals surface area contributed by atoms with Crippen LogP contribution in [0.25, 0.3) is 10.9 Å². The molecule has 1 saturated carbocycles. The molecule has 0 amide bonds. The van der Waals surface area contributed by atoms with Gasteiger partial charge >= 0.3 is 0 Å². The molecule has 0 bridgehead atoms. The van der Waals surface area contributed by atoms with E-state index in [4.69, 9.17) is 4.98 Å². The number of aromatic nitrogens is 1. The molecule has 0 radical (unpaired) electrons. The number of hydrogen-bond acceptors (Lipinski definition) is 4. The second-order valence-corrected chi connectivity index (χ2v) is 7.73. The predicted molar refractivity (Wildman–Crippen MR) is 96.4 cm³/mol. The molecule has 2 aliphatic rings. The van der Waals surface area contributed by atoms with E-state index in [0.29, 0.717) is 24.7 Å². The van der Waals surface area contributed by atoms with Crippen LogP contribution in [0.3, 0.4) is 0 Å². The average molecular weight is 326 g/mol. The summed E-state index contributed by atoms with van der Waals surface area (Å²) in [5.74, 6) is 1.95. The summed E-state index contributed by atoms with van der Waals surface area (Å²) in [6.45, 7) is 8.28. The molecule has 1 aromatic carbocycles. The predicted octanol–water partition coefficient (Wildman–Crippen LogP) is 2.73. The second-order valence-electron chi connectivity index (χ2n) is 7.73. The molecular weight excluding hydrogens is 300 g/mol. The average Bonchev–Trinajstić information content (AvgIpc) is 2.94. The first-order valence-electron chi connectivity index (χ1n) is 8.92. The van der Waals surface area contributed by atoms with E-state index in [1.54, 1.807) is 0 Å². The van der Waals surface area contributed by atoms with Gasteiger partial charge in [0.2, 0.25) is 0 Å². The van der Waals surface area contributed by atoms with Gasteiger partial charge in [0.25, 0.3) is 0 Å². The van der Waals surface area contributed by atoms with Crippen LogP contribution in [0.1, 0.15) is 29.5 Å². The molecule has 128 valence electrons. The number of pyridine rings is 1. The van der Waals surface area contributed by atoms with Gasteiger partial charge in [0, 0.05) is 18.5 Å². The third kappa shape index (κ3) is 2.49. The smallest absolute Gasteiger partial charge is 0.129 e. The van der Waals surface area contributed by atoms with Crippen molar-refractivity contribution in [2.45, 2.75) is 45.8 Å². The van der Waals surface area contributed by atoms with E-state index >= 15 is 0 Å². The van der Waals surface area contributed by atoms with Gasteiger partial charge in [0.05, 0.1) is 17.7 Å². The highest BCUT2D eigenvalue weighted by Crippen LogP contribution is 2.38. The summed E-state index contributed by atoms with van der Waals surface area (Å²) in [6, 6.07) is 6.51. The first-order valence-corrected chi connectivity index (χ1v) is 8.92. The molecule has 2 N–H and O–H groups in total. The summed E-state index contributed by atoms with van der Waals surface area (Å²) >= 11 is 0. The van der Waals surface area contributed by atoms with Crippen LogP contribution >= 0.6 is 0 Å². The van der Waals surface area contributed by atoms with Crippen molar-refractivity contribution in [3.63, 3.8) is 0 Å². The lowest BCUT2D eigenvalue weighted by molar-refractivity contribution is -0.0372. The normalized spacial score (nSPS) is 30.0. The van der Waals surface area contributed by atoms with Gasteiger partial charge in [0.1, 0.15) is 5.82 Å². The Hall–Kier alpha value is -1.65. The van der Waals surface area contributed by atoms with Gasteiger partial charge in [-0.3, -0.25) is 0 Å². The van der Waals surface area contributed by atoms with E-state index in [0.717, 1.165) is 24.4 Å². The highest BCUT2D eigenvalue weighted by atomic mass is 16.3. The van der Waals surface area contributed by atoms with Crippen LogP contribution in [-0.2, 0) is 0 Å². The first kappa shape index (κ1) is 15.9. The van der Waals surface area contributed by atoms with Crippen molar-refractivity contribution in [2.24, 2.45) is 11.8 Å². The summed E-state index contributed by atoms with van der Waals surface area (Å²) in [6.07, 6.45) is 0.268. The Morgan fingerprint density at radius 1 is 0.958 bits per heavy atom. The number of aliphatic hydroxyl groups is 2. The maximum absolute atomic E-state index is 9.95. The number of hydrogen-bond donors (Lipinski definition) is 2. The van der Waals surface area contributed by atoms with Crippen LogP contribution in [0.4, 0.5) is 5.82 Å². The molecule has 1 aliphatic heterocycles. The highest BCUT2D eigenvalue weighted by Gasteiger charge is 2.41. The maximum atomic E-state index is 9.95. The Morgan fingerprint density at radius 3 is 2.21 bits per heavy atom. The summed E-state index contributed by atoms with van der Waals surface area (Å²) in [4.78, 5) is 7.32. The highest BCUT2D eigenvalue weighted by molar-refractivity contribution is 5.87. The quantitative estimate of drug-likeness (QED) is 0.846. The fourth-order valence-corrected chi connectivity index (χ4v) is 4.44. The minimum absolute atomic E-state index is 0.458. The van der Waals surface area contributed by atoms with Gasteiger partial charge in [-0.2, -0.15) is 0 Å². The van der Waals surface area contributed by atoms with Gasteiger partial charge in [-0.25, -0.2) is 4.98 Å². The Balaban J connectivity index is 1.69. The lowest BCUT2D eigenvalue weighted by atomic mass is 9.79. The molecule has 4 atom stereocenters. The van der Waals surface area contributed by atoms with Crippen molar-refractivity contribution < 1.29 is 10.2 Å². The summed E-state index contributed by atoms with van der Waals surface area (Å²) < 4.78 is 0. The fraction of sp³-hybridized carbons (Fsp3) is 0.550. The van der Waals surface area contributed by atoms with Crippen LogP contribution in [0.15, 0.2) is 18.2 Å². The van der Waals surface area contributed by atoms with Crippen molar-refractivity contribution in [3.8, 4) is 0 Å². The zero-order chi connectivity index (χ0) is 17.0. The minimum Gasteiger partial charge on any atom is -0.390 e. The molecule has 1 aliphatic carbocycles. The van der Waals surface area contributed by atoms with E-state index in [2.05, 4.69) is 43.9 Å². The third-order valence-corrected chi connectivity index (χ3v) is 6.13. The summed E-state index contributed by atoms with van der Waals surface area (Å²) in [7, 11) is 0. The second kappa shape index (κ2) is 5.71. The van der Waals surface area contributed by atoms with Gasteiger partial charge in [-0.05, 0) is 68.2 Å². The number of anilines is 1. The molecule has 0 unspecified atom stereocenters. The molecule has 2 aromatic rings. The molecule has 1 aromatic heterocycles. The monoisotopic (exact) mass is 326 g/mol. The van der Waals surface area contributed by atoms with E-state index in [1.807, 2.05) is 0 Å². The zero-order valence-corrected chi connectivity index (χ0v) is 14.7. The third-order valence-electron chi connectivity index (χ3n) is 6.13. The van der Waals surface area contributed by atoms with Gasteiger partial charge in [-0.1, -0.05) is 12.1 Å². The number of aryl methyl sites for hydroxylation is 3. The van der Waals surface area contributed by atoms with E-state index in [-0.39, 0.29) is 0 Å². The number of aliphatic hydroxyl groups excluding tert-OH is 2. The van der Waals surface area contributed by atoms with Crippen molar-refractivity contribution in [1.82, 2.24) is 4.98 Å². The molecule has 2 heterocycles. The largest absolute Gasteiger partial charge is 0.390 e. The van der Waals surface area contributed by atoms with Crippen molar-refractivity contribution in [3.05, 3.63) is 34.9 Å². The van der Waals surface area contributed by atoms with Crippen molar-refractivity contribution in [1.29, 1.82) is 0 Å². The van der Waals surface area contributed by atoms with Gasteiger partial charge < -0.3 is 15.1 Å². The Kier molecular flexibility index (Phi) is 3.77. The topological polar surface area (TPSA) is 56.6 Å². The van der Waals surface area contributed by atoms with Crippen molar-refractivity contribution >= 4 is 16.7 Å². The molecule has 1 saturated heterocycles. The SMILES string of the molecule is Cc1ccc2c(C)cc(N3C[C@H]4C[C@H](O)[C@@H](O)C[C@H]4C3)nc2c1C. The minimum atomic E-state index is -0.567. The standard InChI is InChI=1S/C20H26N2O2/c1-11-4-5-16-12(2)6-19(21-20(16)13(11)3)22-9-14-7-17(23)18(24)8-15(14)10-22/h4-6,14-15,17-18,23-24H,7-10H2,1-3H3/t14-,15+,17-,18-/m0/s1. The Labute approximate surface area is 143 Å². The number of fused-ring (bicyclic) bond motifs is 2. The molecule has 2 fully saturated rings. The van der Waals surface area contributed by atoms with Crippen LogP contribution in [0, 0.1) is 32.6 Å². The Bertz CT molecular complexity index is 771. The van der Waals surface area contributed by atoms with Crippen LogP contribution in [0.5, 0.6) is 0 Å². The van der Waals surface area contributed by atoms with E-state index < -0.39 is 12.2 Å². The summed E-state index contributed by atoms with van der Waals surface area (Å²) in [5.41, 5.74) is 4.88. The first-order chi connectivity index (χ1) is 11.4. The number of nitrogens with zero attached hydrogens (tertiary/aromatic N) is 2. The lowest BCUT2D eigenvalue weighted by Gasteiger charge is -2.31. The van der Waals surface area contributed by atoms with Crippen LogP contribution < -0.4 is 4.90 Å². The number of benzene rings is 1. The summed E-state index contributed by atoms with van der Waals surface area (Å²) in [5, 5.41) is 21.1. The van der Waals surface area contributed by atoms with Crippen molar-refractivity contribution in [2.75, 3.05) is 18.0 Å². The number of rotatable bonds is 1. The molecule has 4 rings (SSSR count). The van der Waals surface area contributed by atoms with E-state index in [9.17, 15) is 10.2 Å². The molecule has 24 heavy (non-hydrogen) atoms. The van der Waals surface area contributed by atoms with Gasteiger partial charge in [0.15, 0.2) is 0 Å².